The van der Waals surface area contributed by atoms with Crippen molar-refractivity contribution in [2.24, 2.45) is 0 Å². The Kier molecular flexibility index (Phi) is 6.39. The van der Waals surface area contributed by atoms with Gasteiger partial charge in [-0.05, 0) is 70.4 Å². The highest BCUT2D eigenvalue weighted by molar-refractivity contribution is 6.09. The fourth-order valence-corrected chi connectivity index (χ4v) is 6.88. The molecule has 50 heavy (non-hydrogen) atoms. The summed E-state index contributed by atoms with van der Waals surface area (Å²) in [6.45, 7) is 0. The Labute approximate surface area is 287 Å². The Hall–Kier alpha value is -6.92. The summed E-state index contributed by atoms with van der Waals surface area (Å²) in [5, 5.41) is 4.52. The van der Waals surface area contributed by atoms with Crippen LogP contribution in [0.1, 0.15) is 0 Å². The summed E-state index contributed by atoms with van der Waals surface area (Å²) in [6, 6.07) is 56.0. The van der Waals surface area contributed by atoms with E-state index in [2.05, 4.69) is 114 Å². The molecule has 0 aliphatic rings. The van der Waals surface area contributed by atoms with E-state index in [1.54, 1.807) is 0 Å². The van der Waals surface area contributed by atoms with E-state index in [1.165, 1.54) is 5.56 Å². The second-order valence-electron chi connectivity index (χ2n) is 12.3. The van der Waals surface area contributed by atoms with E-state index in [0.29, 0.717) is 29.1 Å². The Bertz CT molecular complexity index is 2820. The van der Waals surface area contributed by atoms with Crippen molar-refractivity contribution in [1.29, 1.82) is 0 Å². The number of rotatable bonds is 5. The molecule has 0 bridgehead atoms. The summed E-state index contributed by atoms with van der Waals surface area (Å²) in [6.07, 6.45) is 0. The van der Waals surface area contributed by atoms with Crippen LogP contribution in [0.25, 0.3) is 95.0 Å². The molecule has 0 fully saturated rings. The topological polar surface area (TPSA) is 69.6 Å². The van der Waals surface area contributed by atoms with Crippen LogP contribution in [0.2, 0.25) is 0 Å². The summed E-state index contributed by atoms with van der Waals surface area (Å²) in [7, 11) is 0. The average Bonchev–Trinajstić information content (AvgIpc) is 3.78. The molecule has 0 aliphatic carbocycles. The standard InChI is InChI=1S/C44H27N5O/c1-3-12-28(13-4-1)31-24-22-29-23-25-32(27-33(29)26-31)41-46-42(36-18-11-19-37-40(36)50-43(45-37)30-14-5-2-6-15-30)48-44(47-41)49-38-20-9-7-16-34(38)35-17-8-10-21-39(35)49/h1-27H. The van der Waals surface area contributed by atoms with Crippen molar-refractivity contribution in [3.63, 3.8) is 0 Å². The Morgan fingerprint density at radius 1 is 0.420 bits per heavy atom. The van der Waals surface area contributed by atoms with Crippen LogP contribution < -0.4 is 0 Å². The summed E-state index contributed by atoms with van der Waals surface area (Å²) in [5.41, 5.74) is 8.28. The van der Waals surface area contributed by atoms with Gasteiger partial charge in [0, 0.05) is 21.9 Å². The fourth-order valence-electron chi connectivity index (χ4n) is 6.88. The predicted molar refractivity (Wildman–Crippen MR) is 201 cm³/mol. The zero-order chi connectivity index (χ0) is 33.0. The Morgan fingerprint density at radius 3 is 1.78 bits per heavy atom. The van der Waals surface area contributed by atoms with E-state index in [9.17, 15) is 0 Å². The van der Waals surface area contributed by atoms with E-state index >= 15 is 0 Å². The number of oxazole rings is 1. The third-order valence-electron chi connectivity index (χ3n) is 9.29. The maximum atomic E-state index is 6.45. The van der Waals surface area contributed by atoms with Gasteiger partial charge in [-0.25, -0.2) is 9.97 Å². The molecule has 0 saturated carbocycles. The van der Waals surface area contributed by atoms with Gasteiger partial charge in [-0.15, -0.1) is 0 Å². The molecule has 10 rings (SSSR count). The fraction of sp³-hybridized carbons (Fsp3) is 0. The Morgan fingerprint density at radius 2 is 1.04 bits per heavy atom. The zero-order valence-corrected chi connectivity index (χ0v) is 26.7. The molecule has 6 heteroatoms. The van der Waals surface area contributed by atoms with E-state index in [1.807, 2.05) is 54.6 Å². The lowest BCUT2D eigenvalue weighted by Gasteiger charge is -2.11. The van der Waals surface area contributed by atoms with Crippen molar-refractivity contribution in [2.75, 3.05) is 0 Å². The third-order valence-corrected chi connectivity index (χ3v) is 9.29. The maximum absolute atomic E-state index is 6.45. The number of hydrogen-bond acceptors (Lipinski definition) is 5. The molecule has 3 aromatic heterocycles. The summed E-state index contributed by atoms with van der Waals surface area (Å²) in [4.78, 5) is 20.3. The second kappa shape index (κ2) is 11.4. The van der Waals surface area contributed by atoms with Crippen molar-refractivity contribution in [3.05, 3.63) is 164 Å². The van der Waals surface area contributed by atoms with E-state index in [0.717, 1.165) is 60.3 Å². The molecule has 0 N–H and O–H groups in total. The number of aromatic nitrogens is 5. The van der Waals surface area contributed by atoms with Crippen molar-refractivity contribution in [2.45, 2.75) is 0 Å². The molecular weight excluding hydrogens is 615 g/mol. The molecule has 0 unspecified atom stereocenters. The third kappa shape index (κ3) is 4.65. The largest absolute Gasteiger partial charge is 0.435 e. The summed E-state index contributed by atoms with van der Waals surface area (Å²) in [5.74, 6) is 2.15. The second-order valence-corrected chi connectivity index (χ2v) is 12.3. The number of para-hydroxylation sites is 3. The summed E-state index contributed by atoms with van der Waals surface area (Å²) < 4.78 is 8.58. The van der Waals surface area contributed by atoms with Crippen molar-refractivity contribution >= 4 is 43.7 Å². The molecule has 0 atom stereocenters. The molecule has 0 amide bonds. The van der Waals surface area contributed by atoms with Crippen LogP contribution in [-0.4, -0.2) is 24.5 Å². The number of hydrogen-bond donors (Lipinski definition) is 0. The van der Waals surface area contributed by atoms with Crippen LogP contribution in [0.3, 0.4) is 0 Å². The van der Waals surface area contributed by atoms with Gasteiger partial charge in [0.05, 0.1) is 16.6 Å². The highest BCUT2D eigenvalue weighted by Gasteiger charge is 2.20. The highest BCUT2D eigenvalue weighted by atomic mass is 16.3. The first-order valence-corrected chi connectivity index (χ1v) is 16.6. The van der Waals surface area contributed by atoms with Crippen LogP contribution in [0.4, 0.5) is 0 Å². The molecule has 234 valence electrons. The van der Waals surface area contributed by atoms with E-state index in [-0.39, 0.29) is 0 Å². The van der Waals surface area contributed by atoms with Gasteiger partial charge in [0.25, 0.3) is 0 Å². The smallest absolute Gasteiger partial charge is 0.238 e. The quantitative estimate of drug-likeness (QED) is 0.187. The first-order valence-electron chi connectivity index (χ1n) is 16.6. The highest BCUT2D eigenvalue weighted by Crippen LogP contribution is 2.35. The lowest BCUT2D eigenvalue weighted by molar-refractivity contribution is 0.620. The maximum Gasteiger partial charge on any atom is 0.238 e. The molecule has 7 aromatic carbocycles. The van der Waals surface area contributed by atoms with E-state index in [4.69, 9.17) is 24.4 Å². The lowest BCUT2D eigenvalue weighted by Crippen LogP contribution is -2.06. The van der Waals surface area contributed by atoms with Crippen LogP contribution in [0.15, 0.2) is 168 Å². The normalized spacial score (nSPS) is 11.6. The molecule has 3 heterocycles. The molecular formula is C44H27N5O. The van der Waals surface area contributed by atoms with Gasteiger partial charge >= 0.3 is 0 Å². The van der Waals surface area contributed by atoms with E-state index < -0.39 is 0 Å². The number of nitrogens with zero attached hydrogens (tertiary/aromatic N) is 5. The van der Waals surface area contributed by atoms with Crippen LogP contribution in [0.5, 0.6) is 0 Å². The van der Waals surface area contributed by atoms with Crippen molar-refractivity contribution in [3.8, 4) is 51.3 Å². The molecule has 0 spiro atoms. The molecule has 0 aliphatic heterocycles. The molecule has 10 aromatic rings. The van der Waals surface area contributed by atoms with Gasteiger partial charge < -0.3 is 4.42 Å². The minimum Gasteiger partial charge on any atom is -0.435 e. The van der Waals surface area contributed by atoms with Gasteiger partial charge in [0.1, 0.15) is 5.52 Å². The average molecular weight is 642 g/mol. The van der Waals surface area contributed by atoms with Crippen LogP contribution >= 0.6 is 0 Å². The number of benzene rings is 7. The minimum absolute atomic E-state index is 0.506. The van der Waals surface area contributed by atoms with Gasteiger partial charge in [-0.2, -0.15) is 9.97 Å². The van der Waals surface area contributed by atoms with Gasteiger partial charge in [0.2, 0.25) is 11.8 Å². The molecule has 0 saturated heterocycles. The monoisotopic (exact) mass is 641 g/mol. The summed E-state index contributed by atoms with van der Waals surface area (Å²) >= 11 is 0. The van der Waals surface area contributed by atoms with Gasteiger partial charge in [-0.3, -0.25) is 4.57 Å². The Balaban J connectivity index is 1.22. The zero-order valence-electron chi connectivity index (χ0n) is 26.7. The van der Waals surface area contributed by atoms with Gasteiger partial charge in [0.15, 0.2) is 17.2 Å². The molecule has 6 nitrogen and oxygen atoms in total. The first kappa shape index (κ1) is 28.1. The SMILES string of the molecule is c1ccc(-c2ccc3ccc(-c4nc(-c5cccc6nc(-c7ccccc7)oc56)nc(-n5c6ccccc6c6ccccc65)n4)cc3c2)cc1. The lowest BCUT2D eigenvalue weighted by atomic mass is 10.00. The van der Waals surface area contributed by atoms with Gasteiger partial charge in [-0.1, -0.05) is 115 Å². The number of fused-ring (bicyclic) bond motifs is 5. The van der Waals surface area contributed by atoms with Crippen molar-refractivity contribution < 1.29 is 4.42 Å². The molecule has 0 radical (unpaired) electrons. The predicted octanol–water partition coefficient (Wildman–Crippen LogP) is 10.9. The van der Waals surface area contributed by atoms with Crippen LogP contribution in [0, 0.1) is 0 Å². The van der Waals surface area contributed by atoms with Crippen LogP contribution in [-0.2, 0) is 0 Å². The first-order chi connectivity index (χ1) is 24.8. The van der Waals surface area contributed by atoms with Crippen molar-refractivity contribution in [1.82, 2.24) is 24.5 Å². The minimum atomic E-state index is 0.506.